The van der Waals surface area contributed by atoms with E-state index in [2.05, 4.69) is 10.6 Å². The van der Waals surface area contributed by atoms with Crippen LogP contribution in [0.15, 0.2) is 54.6 Å². The molecular weight excluding hydrogens is 368 g/mol. The van der Waals surface area contributed by atoms with Gasteiger partial charge in [0.2, 0.25) is 11.8 Å². The molecule has 2 aromatic carbocycles. The second-order valence-corrected chi connectivity index (χ2v) is 7.30. The third kappa shape index (κ3) is 4.39. The fourth-order valence-corrected chi connectivity index (χ4v) is 3.57. The summed E-state index contributed by atoms with van der Waals surface area (Å²) in [5.41, 5.74) is 7.66. The molecule has 7 heteroatoms. The van der Waals surface area contributed by atoms with Crippen LogP contribution in [0.2, 0.25) is 0 Å². The van der Waals surface area contributed by atoms with E-state index in [1.165, 1.54) is 4.90 Å². The van der Waals surface area contributed by atoms with Gasteiger partial charge in [-0.2, -0.15) is 0 Å². The maximum absolute atomic E-state index is 13.3. The predicted octanol–water partition coefficient (Wildman–Crippen LogP) is 2.79. The second kappa shape index (κ2) is 8.77. The van der Waals surface area contributed by atoms with Crippen molar-refractivity contribution in [3.8, 4) is 0 Å². The Morgan fingerprint density at radius 1 is 1.17 bits per heavy atom. The summed E-state index contributed by atoms with van der Waals surface area (Å²) in [5, 5.41) is 5.65. The molecule has 152 valence electrons. The largest absolute Gasteiger partial charge is 0.368 e. The van der Waals surface area contributed by atoms with Crippen molar-refractivity contribution in [1.82, 2.24) is 10.2 Å². The zero-order valence-electron chi connectivity index (χ0n) is 16.6. The van der Waals surface area contributed by atoms with Crippen LogP contribution in [0.4, 0.5) is 10.5 Å². The number of nitrogens with one attached hydrogen (secondary N) is 2. The van der Waals surface area contributed by atoms with Gasteiger partial charge >= 0.3 is 6.03 Å². The Labute approximate surface area is 170 Å². The van der Waals surface area contributed by atoms with E-state index in [4.69, 9.17) is 5.73 Å². The fraction of sp³-hybridized carbons (Fsp3) is 0.318. The number of benzene rings is 2. The van der Waals surface area contributed by atoms with Crippen molar-refractivity contribution in [2.75, 3.05) is 5.32 Å². The Morgan fingerprint density at radius 3 is 2.48 bits per heavy atom. The number of carbonyl (C=O) groups is 3. The summed E-state index contributed by atoms with van der Waals surface area (Å²) in [6, 6.07) is 14.1. The molecule has 0 unspecified atom stereocenters. The van der Waals surface area contributed by atoms with Crippen molar-refractivity contribution in [3.05, 3.63) is 65.7 Å². The Kier molecular flexibility index (Phi) is 6.16. The number of anilines is 1. The van der Waals surface area contributed by atoms with Crippen LogP contribution in [0.5, 0.6) is 0 Å². The van der Waals surface area contributed by atoms with Crippen LogP contribution in [0, 0.1) is 5.92 Å². The van der Waals surface area contributed by atoms with Gasteiger partial charge in [0.05, 0.1) is 6.54 Å². The number of nitrogens with two attached hydrogens (primary N) is 1. The topological polar surface area (TPSA) is 105 Å². The van der Waals surface area contributed by atoms with E-state index in [0.29, 0.717) is 11.3 Å². The predicted molar refractivity (Wildman–Crippen MR) is 111 cm³/mol. The quantitative estimate of drug-likeness (QED) is 0.726. The zero-order chi connectivity index (χ0) is 21.0. The minimum absolute atomic E-state index is 0.0705. The average Bonchev–Trinajstić information content (AvgIpc) is 2.87. The number of nitrogens with zero attached hydrogens (tertiary/aromatic N) is 1. The van der Waals surface area contributed by atoms with Crippen LogP contribution < -0.4 is 16.4 Å². The molecule has 7 nitrogen and oxygen atoms in total. The maximum atomic E-state index is 13.3. The fourth-order valence-electron chi connectivity index (χ4n) is 3.57. The molecule has 0 saturated heterocycles. The highest BCUT2D eigenvalue weighted by atomic mass is 16.2. The number of para-hydroxylation sites is 1. The molecule has 2 aromatic rings. The van der Waals surface area contributed by atoms with Crippen LogP contribution in [-0.4, -0.2) is 28.8 Å². The second-order valence-electron chi connectivity index (χ2n) is 7.30. The van der Waals surface area contributed by atoms with E-state index in [1.807, 2.05) is 44.2 Å². The lowest BCUT2D eigenvalue weighted by molar-refractivity contribution is -0.121. The van der Waals surface area contributed by atoms with Crippen LogP contribution in [0.25, 0.3) is 0 Å². The van der Waals surface area contributed by atoms with Crippen LogP contribution in [0.1, 0.15) is 37.4 Å². The summed E-state index contributed by atoms with van der Waals surface area (Å²) in [7, 11) is 0. The number of rotatable bonds is 5. The Hall–Kier alpha value is -3.35. The van der Waals surface area contributed by atoms with Crippen molar-refractivity contribution in [2.45, 2.75) is 38.9 Å². The van der Waals surface area contributed by atoms with Crippen molar-refractivity contribution >= 4 is 23.5 Å². The first kappa shape index (κ1) is 20.4. The Morgan fingerprint density at radius 2 is 1.83 bits per heavy atom. The van der Waals surface area contributed by atoms with Gasteiger partial charge in [-0.1, -0.05) is 68.8 Å². The molecule has 0 radical (unpaired) electrons. The molecule has 1 aliphatic heterocycles. The summed E-state index contributed by atoms with van der Waals surface area (Å²) in [5.74, 6) is -0.974. The molecule has 0 aromatic heterocycles. The molecule has 3 atom stereocenters. The van der Waals surface area contributed by atoms with E-state index in [0.717, 1.165) is 12.0 Å². The number of carbonyl (C=O) groups excluding carboxylic acids is 3. The smallest absolute Gasteiger partial charge is 0.319 e. The van der Waals surface area contributed by atoms with Gasteiger partial charge in [0.15, 0.2) is 0 Å². The number of hydrogen-bond acceptors (Lipinski definition) is 3. The molecule has 0 spiro atoms. The number of primary amides is 1. The molecule has 29 heavy (non-hydrogen) atoms. The first-order valence-electron chi connectivity index (χ1n) is 9.72. The molecular formula is C22H26N4O3. The Bertz CT molecular complexity index is 900. The molecule has 3 rings (SSSR count). The zero-order valence-corrected chi connectivity index (χ0v) is 16.6. The highest BCUT2D eigenvalue weighted by molar-refractivity contribution is 5.99. The average molecular weight is 394 g/mol. The van der Waals surface area contributed by atoms with Gasteiger partial charge < -0.3 is 21.3 Å². The van der Waals surface area contributed by atoms with E-state index in [9.17, 15) is 14.4 Å². The molecule has 1 heterocycles. The lowest BCUT2D eigenvalue weighted by atomic mass is 9.97. The lowest BCUT2D eigenvalue weighted by Gasteiger charge is -2.33. The van der Waals surface area contributed by atoms with Gasteiger partial charge in [-0.3, -0.25) is 9.59 Å². The number of urea groups is 1. The van der Waals surface area contributed by atoms with Crippen molar-refractivity contribution in [3.63, 3.8) is 0 Å². The maximum Gasteiger partial charge on any atom is 0.319 e. The molecule has 0 fully saturated rings. The number of amides is 4. The van der Waals surface area contributed by atoms with Crippen LogP contribution in [-0.2, 0) is 16.1 Å². The molecule has 4 amide bonds. The SMILES string of the molecule is CC[C@H](C)[C@H]1C(=O)Nc2ccccc2CN1C(=O)N[C@H](C(N)=O)c1ccccc1. The number of hydrogen-bond donors (Lipinski definition) is 3. The minimum Gasteiger partial charge on any atom is -0.368 e. The standard InChI is InChI=1S/C22H26N4O3/c1-3-14(2)19-21(28)24-17-12-8-7-11-16(17)13-26(19)22(29)25-18(20(23)27)15-9-5-4-6-10-15/h4-12,14,18-19H,3,13H2,1-2H3,(H2,23,27)(H,24,28)(H,25,29)/t14-,18-,19-/m0/s1. The van der Waals surface area contributed by atoms with Gasteiger partial charge in [0, 0.05) is 5.69 Å². The van der Waals surface area contributed by atoms with Crippen molar-refractivity contribution < 1.29 is 14.4 Å². The summed E-state index contributed by atoms with van der Waals surface area (Å²) in [6.45, 7) is 4.15. The van der Waals surface area contributed by atoms with Gasteiger partial charge in [-0.25, -0.2) is 4.79 Å². The summed E-state index contributed by atoms with van der Waals surface area (Å²) < 4.78 is 0. The third-order valence-corrected chi connectivity index (χ3v) is 5.35. The number of fused-ring (bicyclic) bond motifs is 1. The third-order valence-electron chi connectivity index (χ3n) is 5.35. The normalized spacial score (nSPS) is 18.1. The van der Waals surface area contributed by atoms with Crippen LogP contribution in [0.3, 0.4) is 0 Å². The minimum atomic E-state index is -0.983. The van der Waals surface area contributed by atoms with Gasteiger partial charge in [-0.05, 0) is 23.1 Å². The monoisotopic (exact) mass is 394 g/mol. The van der Waals surface area contributed by atoms with Gasteiger partial charge in [0.25, 0.3) is 0 Å². The van der Waals surface area contributed by atoms with Crippen LogP contribution >= 0.6 is 0 Å². The molecule has 0 saturated carbocycles. The van der Waals surface area contributed by atoms with Gasteiger partial charge in [0.1, 0.15) is 12.1 Å². The van der Waals surface area contributed by atoms with Crippen molar-refractivity contribution in [2.24, 2.45) is 11.7 Å². The van der Waals surface area contributed by atoms with E-state index >= 15 is 0 Å². The molecule has 0 bridgehead atoms. The van der Waals surface area contributed by atoms with E-state index in [-0.39, 0.29) is 18.4 Å². The summed E-state index contributed by atoms with van der Waals surface area (Å²) in [6.07, 6.45) is 0.718. The molecule has 0 aliphatic carbocycles. The summed E-state index contributed by atoms with van der Waals surface area (Å²) >= 11 is 0. The molecule has 4 N–H and O–H groups in total. The first-order valence-corrected chi connectivity index (χ1v) is 9.72. The first-order chi connectivity index (χ1) is 13.9. The Balaban J connectivity index is 1.94. The lowest BCUT2D eigenvalue weighted by Crippen LogP contribution is -2.53. The highest BCUT2D eigenvalue weighted by Gasteiger charge is 2.37. The highest BCUT2D eigenvalue weighted by Crippen LogP contribution is 2.27. The van der Waals surface area contributed by atoms with Crippen molar-refractivity contribution in [1.29, 1.82) is 0 Å². The van der Waals surface area contributed by atoms with Gasteiger partial charge in [-0.15, -0.1) is 0 Å². The van der Waals surface area contributed by atoms with E-state index < -0.39 is 24.0 Å². The molecule has 1 aliphatic rings. The summed E-state index contributed by atoms with van der Waals surface area (Å²) in [4.78, 5) is 39.7. The van der Waals surface area contributed by atoms with E-state index in [1.54, 1.807) is 24.3 Å².